The van der Waals surface area contributed by atoms with Crippen molar-refractivity contribution in [3.8, 4) is 0 Å². The summed E-state index contributed by atoms with van der Waals surface area (Å²) in [6.45, 7) is 0.394. The molecule has 1 aromatic carbocycles. The van der Waals surface area contributed by atoms with Crippen LogP contribution in [0.3, 0.4) is 0 Å². The van der Waals surface area contributed by atoms with Crippen LogP contribution >= 0.6 is 23.2 Å². The van der Waals surface area contributed by atoms with Gasteiger partial charge in [-0.1, -0.05) is 35.3 Å². The van der Waals surface area contributed by atoms with E-state index in [2.05, 4.69) is 15.5 Å². The van der Waals surface area contributed by atoms with E-state index in [-0.39, 0.29) is 39.9 Å². The quantitative estimate of drug-likeness (QED) is 0.654. The molecule has 0 aliphatic carbocycles. The van der Waals surface area contributed by atoms with Gasteiger partial charge in [0.15, 0.2) is 5.65 Å². The van der Waals surface area contributed by atoms with Gasteiger partial charge < -0.3 is 0 Å². The largest absolute Gasteiger partial charge is 0.294 e. The van der Waals surface area contributed by atoms with E-state index in [4.69, 9.17) is 23.2 Å². The highest BCUT2D eigenvalue weighted by molar-refractivity contribution is 7.89. The number of hydrogen-bond acceptors (Lipinski definition) is 5. The predicted molar refractivity (Wildman–Crippen MR) is 110 cm³/mol. The van der Waals surface area contributed by atoms with Crippen LogP contribution in [0.25, 0.3) is 5.65 Å². The summed E-state index contributed by atoms with van der Waals surface area (Å²) in [7, 11) is -3.84. The monoisotopic (exact) mass is 453 g/mol. The van der Waals surface area contributed by atoms with Crippen molar-refractivity contribution in [2.45, 2.75) is 17.7 Å². The van der Waals surface area contributed by atoms with Crippen LogP contribution < -0.4 is 5.32 Å². The SMILES string of the molecule is O=C(Nc1nnc2ccccn12)C1CCN(S(=O)(=O)c2c(Cl)cccc2Cl)CC1. The second kappa shape index (κ2) is 7.91. The summed E-state index contributed by atoms with van der Waals surface area (Å²) in [6, 6.07) is 10.00. The van der Waals surface area contributed by atoms with Crippen LogP contribution in [0.15, 0.2) is 47.5 Å². The lowest BCUT2D eigenvalue weighted by Crippen LogP contribution is -2.41. The molecule has 0 radical (unpaired) electrons. The second-order valence-electron chi connectivity index (χ2n) is 6.67. The molecule has 2 aromatic heterocycles. The minimum Gasteiger partial charge on any atom is -0.294 e. The number of pyridine rings is 1. The van der Waals surface area contributed by atoms with E-state index < -0.39 is 10.0 Å². The van der Waals surface area contributed by atoms with E-state index in [0.717, 1.165) is 0 Å². The van der Waals surface area contributed by atoms with Crippen molar-refractivity contribution in [2.24, 2.45) is 5.92 Å². The molecule has 0 bridgehead atoms. The van der Waals surface area contributed by atoms with Gasteiger partial charge in [0.1, 0.15) is 4.90 Å². The van der Waals surface area contributed by atoms with E-state index in [1.807, 2.05) is 12.1 Å². The lowest BCUT2D eigenvalue weighted by Gasteiger charge is -2.30. The third-order valence-electron chi connectivity index (χ3n) is 4.89. The summed E-state index contributed by atoms with van der Waals surface area (Å²) in [5.41, 5.74) is 0.625. The Labute approximate surface area is 177 Å². The Balaban J connectivity index is 1.44. The molecule has 3 heterocycles. The number of sulfonamides is 1. The highest BCUT2D eigenvalue weighted by Gasteiger charge is 2.34. The number of nitrogens with zero attached hydrogens (tertiary/aromatic N) is 4. The Kier molecular flexibility index (Phi) is 5.48. The first kappa shape index (κ1) is 20.1. The van der Waals surface area contributed by atoms with Crippen LogP contribution in [-0.4, -0.2) is 46.3 Å². The number of fused-ring (bicyclic) bond motifs is 1. The van der Waals surface area contributed by atoms with E-state index in [9.17, 15) is 13.2 Å². The van der Waals surface area contributed by atoms with Gasteiger partial charge in [0, 0.05) is 25.2 Å². The second-order valence-corrected chi connectivity index (χ2v) is 9.36. The van der Waals surface area contributed by atoms with Crippen molar-refractivity contribution < 1.29 is 13.2 Å². The number of rotatable bonds is 4. The number of anilines is 1. The molecule has 1 fully saturated rings. The zero-order chi connectivity index (χ0) is 20.6. The van der Waals surface area contributed by atoms with Crippen molar-refractivity contribution in [1.82, 2.24) is 18.9 Å². The van der Waals surface area contributed by atoms with Gasteiger partial charge in [-0.3, -0.25) is 14.5 Å². The molecule has 4 rings (SSSR count). The number of nitrogens with one attached hydrogen (secondary N) is 1. The standard InChI is InChI=1S/C18H17Cl2N5O3S/c19-13-4-3-5-14(20)16(13)29(27,28)24-10-7-12(8-11-24)17(26)21-18-23-22-15-6-1-2-9-25(15)18/h1-6,9,12H,7-8,10-11H2,(H,21,23,26). The summed E-state index contributed by atoms with van der Waals surface area (Å²) in [5.74, 6) is -0.210. The Hall–Kier alpha value is -2.20. The molecular weight excluding hydrogens is 437 g/mol. The number of carbonyl (C=O) groups excluding carboxylic acids is 1. The van der Waals surface area contributed by atoms with Gasteiger partial charge in [-0.2, -0.15) is 4.31 Å². The molecule has 3 aromatic rings. The zero-order valence-electron chi connectivity index (χ0n) is 15.1. The first-order valence-corrected chi connectivity index (χ1v) is 11.1. The van der Waals surface area contributed by atoms with Crippen molar-refractivity contribution >= 4 is 50.7 Å². The van der Waals surface area contributed by atoms with Gasteiger partial charge in [0.25, 0.3) is 0 Å². The fraction of sp³-hybridized carbons (Fsp3) is 0.278. The Morgan fingerprint density at radius 1 is 1.03 bits per heavy atom. The van der Waals surface area contributed by atoms with E-state index in [1.54, 1.807) is 22.7 Å². The van der Waals surface area contributed by atoms with Gasteiger partial charge in [-0.25, -0.2) is 8.42 Å². The highest BCUT2D eigenvalue weighted by atomic mass is 35.5. The van der Waals surface area contributed by atoms with Crippen LogP contribution in [0.5, 0.6) is 0 Å². The lowest BCUT2D eigenvalue weighted by molar-refractivity contribution is -0.121. The lowest BCUT2D eigenvalue weighted by atomic mass is 9.97. The average Bonchev–Trinajstić information content (AvgIpc) is 3.11. The summed E-state index contributed by atoms with van der Waals surface area (Å²) >= 11 is 12.1. The first-order chi connectivity index (χ1) is 13.9. The number of halogens is 2. The topological polar surface area (TPSA) is 96.7 Å². The summed E-state index contributed by atoms with van der Waals surface area (Å²) in [6.07, 6.45) is 2.52. The van der Waals surface area contributed by atoms with Gasteiger partial charge in [-0.05, 0) is 37.1 Å². The molecule has 0 spiro atoms. The predicted octanol–water partition coefficient (Wildman–Crippen LogP) is 3.08. The van der Waals surface area contributed by atoms with Gasteiger partial charge in [0.2, 0.25) is 21.9 Å². The van der Waals surface area contributed by atoms with Crippen LogP contribution in [0, 0.1) is 5.92 Å². The molecule has 29 heavy (non-hydrogen) atoms. The minimum atomic E-state index is -3.84. The zero-order valence-corrected chi connectivity index (χ0v) is 17.5. The summed E-state index contributed by atoms with van der Waals surface area (Å²) in [5, 5.41) is 10.9. The maximum absolute atomic E-state index is 12.9. The molecule has 0 atom stereocenters. The fourth-order valence-electron chi connectivity index (χ4n) is 3.36. The fourth-order valence-corrected chi connectivity index (χ4v) is 5.92. The molecule has 8 nitrogen and oxygen atoms in total. The van der Waals surface area contributed by atoms with Gasteiger partial charge in [-0.15, -0.1) is 10.2 Å². The summed E-state index contributed by atoms with van der Waals surface area (Å²) < 4.78 is 28.9. The first-order valence-electron chi connectivity index (χ1n) is 8.93. The highest BCUT2D eigenvalue weighted by Crippen LogP contribution is 2.33. The van der Waals surface area contributed by atoms with Crippen molar-refractivity contribution in [2.75, 3.05) is 18.4 Å². The number of carbonyl (C=O) groups is 1. The number of aromatic nitrogens is 3. The molecule has 1 amide bonds. The third kappa shape index (κ3) is 3.83. The normalized spacial score (nSPS) is 16.2. The van der Waals surface area contributed by atoms with Crippen molar-refractivity contribution in [3.63, 3.8) is 0 Å². The number of hydrogen-bond donors (Lipinski definition) is 1. The van der Waals surface area contributed by atoms with Crippen molar-refractivity contribution in [1.29, 1.82) is 0 Å². The van der Waals surface area contributed by atoms with Gasteiger partial charge in [0.05, 0.1) is 10.0 Å². The van der Waals surface area contributed by atoms with E-state index in [0.29, 0.717) is 24.4 Å². The molecule has 1 aliphatic rings. The average molecular weight is 454 g/mol. The number of benzene rings is 1. The van der Waals surface area contributed by atoms with E-state index >= 15 is 0 Å². The maximum Gasteiger partial charge on any atom is 0.246 e. The number of piperidine rings is 1. The molecule has 1 saturated heterocycles. The van der Waals surface area contributed by atoms with Crippen LogP contribution in [0.4, 0.5) is 5.95 Å². The number of amides is 1. The molecule has 0 saturated carbocycles. The Bertz CT molecular complexity index is 1150. The van der Waals surface area contributed by atoms with Crippen LogP contribution in [0.2, 0.25) is 10.0 Å². The Morgan fingerprint density at radius 2 is 1.72 bits per heavy atom. The van der Waals surface area contributed by atoms with Crippen molar-refractivity contribution in [3.05, 3.63) is 52.6 Å². The molecule has 152 valence electrons. The Morgan fingerprint density at radius 3 is 2.41 bits per heavy atom. The third-order valence-corrected chi connectivity index (χ3v) is 7.75. The maximum atomic E-state index is 12.9. The van der Waals surface area contributed by atoms with Gasteiger partial charge >= 0.3 is 0 Å². The summed E-state index contributed by atoms with van der Waals surface area (Å²) in [4.78, 5) is 12.5. The molecular formula is C18H17Cl2N5O3S. The minimum absolute atomic E-state index is 0.0797. The molecule has 1 aliphatic heterocycles. The molecule has 11 heteroatoms. The smallest absolute Gasteiger partial charge is 0.246 e. The van der Waals surface area contributed by atoms with Crippen LogP contribution in [-0.2, 0) is 14.8 Å². The molecule has 0 unspecified atom stereocenters. The molecule has 1 N–H and O–H groups in total. The van der Waals surface area contributed by atoms with Crippen LogP contribution in [0.1, 0.15) is 12.8 Å². The van der Waals surface area contributed by atoms with E-state index in [1.165, 1.54) is 16.4 Å².